The van der Waals surface area contributed by atoms with Gasteiger partial charge in [0.2, 0.25) is 5.91 Å². The summed E-state index contributed by atoms with van der Waals surface area (Å²) in [6.07, 6.45) is 2.58. The maximum atomic E-state index is 12.9. The van der Waals surface area contributed by atoms with Gasteiger partial charge in [0.05, 0.1) is 11.4 Å². The second-order valence-corrected chi connectivity index (χ2v) is 6.12. The van der Waals surface area contributed by atoms with Crippen molar-refractivity contribution in [2.24, 2.45) is 11.8 Å². The maximum Gasteiger partial charge on any atom is 0.224 e. The minimum absolute atomic E-state index is 0.0819. The number of amides is 1. The molecular formula is C16H24FN3O. The smallest absolute Gasteiger partial charge is 0.224 e. The quantitative estimate of drug-likeness (QED) is 0.760. The summed E-state index contributed by atoms with van der Waals surface area (Å²) in [4.78, 5) is 14.1. The third-order valence-corrected chi connectivity index (χ3v) is 4.05. The fourth-order valence-corrected chi connectivity index (χ4v) is 2.51. The Morgan fingerprint density at radius 1 is 1.52 bits per heavy atom. The molecule has 0 spiro atoms. The minimum Gasteiger partial charge on any atom is -0.397 e. The minimum atomic E-state index is -0.401. The van der Waals surface area contributed by atoms with Crippen LogP contribution < -0.4 is 11.1 Å². The van der Waals surface area contributed by atoms with Gasteiger partial charge >= 0.3 is 0 Å². The third-order valence-electron chi connectivity index (χ3n) is 4.05. The summed E-state index contributed by atoms with van der Waals surface area (Å²) in [5.41, 5.74) is 6.38. The number of nitrogens with two attached hydrogens (primary N) is 1. The summed E-state index contributed by atoms with van der Waals surface area (Å²) in [6, 6.07) is 3.99. The normalized spacial score (nSPS) is 20.6. The Morgan fingerprint density at radius 3 is 2.86 bits per heavy atom. The summed E-state index contributed by atoms with van der Waals surface area (Å²) < 4.78 is 12.9. The van der Waals surface area contributed by atoms with Crippen molar-refractivity contribution in [3.63, 3.8) is 0 Å². The number of nitrogens with zero attached hydrogens (tertiary/aromatic N) is 1. The van der Waals surface area contributed by atoms with Gasteiger partial charge in [-0.1, -0.05) is 6.92 Å². The topological polar surface area (TPSA) is 58.4 Å². The lowest BCUT2D eigenvalue weighted by molar-refractivity contribution is -0.116. The number of carbonyl (C=O) groups is 1. The number of nitrogens with one attached hydrogen (secondary N) is 1. The summed E-state index contributed by atoms with van der Waals surface area (Å²) in [5.74, 6) is 1.21. The molecule has 2 atom stereocenters. The van der Waals surface area contributed by atoms with Crippen LogP contribution in [0.3, 0.4) is 0 Å². The molecule has 2 rings (SSSR count). The van der Waals surface area contributed by atoms with Crippen LogP contribution in [0.15, 0.2) is 18.2 Å². The SMILES string of the molecule is CC1CC1CN(C)CCCC(=O)Nc1ccc(F)cc1N. The Morgan fingerprint density at radius 2 is 2.24 bits per heavy atom. The summed E-state index contributed by atoms with van der Waals surface area (Å²) >= 11 is 0. The van der Waals surface area contributed by atoms with Gasteiger partial charge in [-0.15, -0.1) is 0 Å². The molecule has 1 aromatic rings. The van der Waals surface area contributed by atoms with Crippen LogP contribution in [-0.4, -0.2) is 30.9 Å². The second-order valence-electron chi connectivity index (χ2n) is 6.12. The van der Waals surface area contributed by atoms with E-state index < -0.39 is 5.82 Å². The molecule has 1 aliphatic carbocycles. The van der Waals surface area contributed by atoms with Crippen LogP contribution in [0.25, 0.3) is 0 Å². The highest BCUT2D eigenvalue weighted by atomic mass is 19.1. The average molecular weight is 293 g/mol. The molecule has 4 nitrogen and oxygen atoms in total. The predicted octanol–water partition coefficient (Wildman–Crippen LogP) is 2.71. The molecule has 0 bridgehead atoms. The monoisotopic (exact) mass is 293 g/mol. The lowest BCUT2D eigenvalue weighted by Crippen LogP contribution is -2.24. The summed E-state index contributed by atoms with van der Waals surface area (Å²) in [7, 11) is 2.10. The van der Waals surface area contributed by atoms with Gasteiger partial charge in [0, 0.05) is 13.0 Å². The van der Waals surface area contributed by atoms with E-state index in [0.29, 0.717) is 12.1 Å². The lowest BCUT2D eigenvalue weighted by Gasteiger charge is -2.16. The van der Waals surface area contributed by atoms with Crippen molar-refractivity contribution >= 4 is 17.3 Å². The molecule has 116 valence electrons. The molecule has 1 amide bonds. The van der Waals surface area contributed by atoms with Crippen molar-refractivity contribution in [2.45, 2.75) is 26.2 Å². The van der Waals surface area contributed by atoms with Gasteiger partial charge in [0.15, 0.2) is 0 Å². The molecule has 0 radical (unpaired) electrons. The highest BCUT2D eigenvalue weighted by Crippen LogP contribution is 2.37. The Balaban J connectivity index is 1.67. The number of carbonyl (C=O) groups excluding carboxylic acids is 1. The molecule has 5 heteroatoms. The molecule has 1 saturated carbocycles. The van der Waals surface area contributed by atoms with E-state index >= 15 is 0 Å². The molecule has 1 aromatic carbocycles. The Hall–Kier alpha value is -1.62. The van der Waals surface area contributed by atoms with E-state index in [1.54, 1.807) is 0 Å². The highest BCUT2D eigenvalue weighted by Gasteiger charge is 2.32. The molecule has 0 aliphatic heterocycles. The van der Waals surface area contributed by atoms with Crippen LogP contribution >= 0.6 is 0 Å². The number of nitrogen functional groups attached to an aromatic ring is 1. The first-order chi connectivity index (χ1) is 9.95. The zero-order valence-corrected chi connectivity index (χ0v) is 12.7. The number of hydrogen-bond donors (Lipinski definition) is 2. The van der Waals surface area contributed by atoms with E-state index in [2.05, 4.69) is 24.2 Å². The molecule has 2 unspecified atom stereocenters. The van der Waals surface area contributed by atoms with Crippen LogP contribution in [-0.2, 0) is 4.79 Å². The molecular weight excluding hydrogens is 269 g/mol. The van der Waals surface area contributed by atoms with Crippen LogP contribution in [0, 0.1) is 17.7 Å². The number of benzene rings is 1. The van der Waals surface area contributed by atoms with E-state index in [1.807, 2.05) is 0 Å². The van der Waals surface area contributed by atoms with Crippen molar-refractivity contribution in [2.75, 3.05) is 31.2 Å². The maximum absolute atomic E-state index is 12.9. The number of halogens is 1. The first-order valence-electron chi connectivity index (χ1n) is 7.49. The largest absolute Gasteiger partial charge is 0.397 e. The van der Waals surface area contributed by atoms with Gasteiger partial charge in [0.25, 0.3) is 0 Å². The fourth-order valence-electron chi connectivity index (χ4n) is 2.51. The van der Waals surface area contributed by atoms with E-state index in [9.17, 15) is 9.18 Å². The Kier molecular flexibility index (Phi) is 5.17. The molecule has 3 N–H and O–H groups in total. The number of anilines is 2. The Labute approximate surface area is 125 Å². The van der Waals surface area contributed by atoms with E-state index in [4.69, 9.17) is 5.73 Å². The molecule has 1 fully saturated rings. The Bertz CT molecular complexity index is 506. The molecule has 0 saturated heterocycles. The van der Waals surface area contributed by atoms with Crippen LogP contribution in [0.5, 0.6) is 0 Å². The first kappa shape index (κ1) is 15.8. The van der Waals surface area contributed by atoms with Crippen LogP contribution in [0.1, 0.15) is 26.2 Å². The van der Waals surface area contributed by atoms with Crippen LogP contribution in [0.2, 0.25) is 0 Å². The van der Waals surface area contributed by atoms with Crippen molar-refractivity contribution < 1.29 is 9.18 Å². The second kappa shape index (κ2) is 6.89. The first-order valence-corrected chi connectivity index (χ1v) is 7.49. The van der Waals surface area contributed by atoms with Crippen molar-refractivity contribution in [1.82, 2.24) is 4.90 Å². The van der Waals surface area contributed by atoms with Gasteiger partial charge in [-0.2, -0.15) is 0 Å². The van der Waals surface area contributed by atoms with Gasteiger partial charge in [-0.3, -0.25) is 4.79 Å². The number of rotatable bonds is 7. The third kappa shape index (κ3) is 5.01. The highest BCUT2D eigenvalue weighted by molar-refractivity contribution is 5.93. The van der Waals surface area contributed by atoms with Crippen molar-refractivity contribution in [3.05, 3.63) is 24.0 Å². The molecule has 1 aliphatic rings. The van der Waals surface area contributed by atoms with Gasteiger partial charge in [-0.25, -0.2) is 4.39 Å². The van der Waals surface area contributed by atoms with Gasteiger partial charge < -0.3 is 16.0 Å². The van der Waals surface area contributed by atoms with Gasteiger partial charge in [-0.05, 0) is 56.5 Å². The van der Waals surface area contributed by atoms with Crippen LogP contribution in [0.4, 0.5) is 15.8 Å². The zero-order chi connectivity index (χ0) is 15.4. The van der Waals surface area contributed by atoms with E-state index in [0.717, 1.165) is 31.3 Å². The molecule has 21 heavy (non-hydrogen) atoms. The number of hydrogen-bond acceptors (Lipinski definition) is 3. The fraction of sp³-hybridized carbons (Fsp3) is 0.562. The molecule has 0 aromatic heterocycles. The standard InChI is InChI=1S/C16H24FN3O/c1-11-8-12(11)10-20(2)7-3-4-16(21)19-15-6-5-13(17)9-14(15)18/h5-6,9,11-12H,3-4,7-8,10,18H2,1-2H3,(H,19,21). The van der Waals surface area contributed by atoms with E-state index in [-0.39, 0.29) is 11.6 Å². The van der Waals surface area contributed by atoms with Crippen molar-refractivity contribution in [3.8, 4) is 0 Å². The van der Waals surface area contributed by atoms with Crippen molar-refractivity contribution in [1.29, 1.82) is 0 Å². The zero-order valence-electron chi connectivity index (χ0n) is 12.7. The predicted molar refractivity (Wildman–Crippen MR) is 83.4 cm³/mol. The average Bonchev–Trinajstić information content (AvgIpc) is 3.08. The summed E-state index contributed by atoms with van der Waals surface area (Å²) in [6.45, 7) is 4.31. The molecule has 0 heterocycles. The van der Waals surface area contributed by atoms with Gasteiger partial charge in [0.1, 0.15) is 5.82 Å². The lowest BCUT2D eigenvalue weighted by atomic mass is 10.2. The van der Waals surface area contributed by atoms with E-state index in [1.165, 1.54) is 24.6 Å². The summed E-state index contributed by atoms with van der Waals surface area (Å²) in [5, 5.41) is 2.72.